The number of hydrogen-bond donors (Lipinski definition) is 2. The van der Waals surface area contributed by atoms with Gasteiger partial charge in [-0.15, -0.1) is 11.3 Å². The molecule has 164 valence electrons. The van der Waals surface area contributed by atoms with Gasteiger partial charge in [-0.05, 0) is 55.3 Å². The average molecular weight is 467 g/mol. The fraction of sp³-hybridized carbons (Fsp3) is 0.250. The molecule has 0 radical (unpaired) electrons. The van der Waals surface area contributed by atoms with Gasteiger partial charge in [-0.1, -0.05) is 23.7 Å². The van der Waals surface area contributed by atoms with E-state index in [1.807, 2.05) is 48.5 Å². The maximum absolute atomic E-state index is 13.3. The SMILES string of the molecule is COc1cc(-n2cnc3cc(-c4ccc(Cl)cc4)sc3c2=O)ccc1NCC1CCCN1. The van der Waals surface area contributed by atoms with Crippen molar-refractivity contribution in [1.29, 1.82) is 0 Å². The summed E-state index contributed by atoms with van der Waals surface area (Å²) in [5.41, 5.74) is 3.23. The topological polar surface area (TPSA) is 68.2 Å². The van der Waals surface area contributed by atoms with Crippen molar-refractivity contribution in [2.24, 2.45) is 0 Å². The molecule has 0 bridgehead atoms. The zero-order valence-corrected chi connectivity index (χ0v) is 19.2. The minimum Gasteiger partial charge on any atom is -0.495 e. The Morgan fingerprint density at radius 3 is 2.84 bits per heavy atom. The van der Waals surface area contributed by atoms with Crippen LogP contribution in [0.2, 0.25) is 5.02 Å². The molecule has 1 unspecified atom stereocenters. The lowest BCUT2D eigenvalue weighted by atomic mass is 10.2. The second-order valence-corrected chi connectivity index (χ2v) is 9.30. The van der Waals surface area contributed by atoms with Crippen molar-refractivity contribution < 1.29 is 4.74 Å². The Balaban J connectivity index is 1.46. The highest BCUT2D eigenvalue weighted by Gasteiger charge is 2.16. The van der Waals surface area contributed by atoms with Crippen LogP contribution < -0.4 is 20.9 Å². The number of aromatic nitrogens is 2. The molecule has 2 aromatic carbocycles. The summed E-state index contributed by atoms with van der Waals surface area (Å²) in [7, 11) is 1.64. The maximum Gasteiger partial charge on any atom is 0.275 e. The van der Waals surface area contributed by atoms with Gasteiger partial charge in [0.15, 0.2) is 0 Å². The summed E-state index contributed by atoms with van der Waals surface area (Å²) >= 11 is 7.44. The Labute approximate surface area is 194 Å². The smallest absolute Gasteiger partial charge is 0.275 e. The summed E-state index contributed by atoms with van der Waals surface area (Å²) < 4.78 is 7.78. The van der Waals surface area contributed by atoms with Crippen molar-refractivity contribution in [1.82, 2.24) is 14.9 Å². The van der Waals surface area contributed by atoms with E-state index in [9.17, 15) is 4.79 Å². The molecule has 2 N–H and O–H groups in total. The van der Waals surface area contributed by atoms with Crippen molar-refractivity contribution in [3.8, 4) is 21.9 Å². The van der Waals surface area contributed by atoms with E-state index in [0.717, 1.165) is 29.2 Å². The van der Waals surface area contributed by atoms with Crippen LogP contribution in [0.25, 0.3) is 26.3 Å². The summed E-state index contributed by atoms with van der Waals surface area (Å²) in [4.78, 5) is 18.8. The third-order valence-corrected chi connectivity index (χ3v) is 7.14. The van der Waals surface area contributed by atoms with Crippen LogP contribution in [-0.4, -0.2) is 35.8 Å². The van der Waals surface area contributed by atoms with Crippen LogP contribution >= 0.6 is 22.9 Å². The Hall–Kier alpha value is -2.87. The van der Waals surface area contributed by atoms with E-state index in [1.54, 1.807) is 18.0 Å². The van der Waals surface area contributed by atoms with E-state index < -0.39 is 0 Å². The third kappa shape index (κ3) is 4.11. The maximum atomic E-state index is 13.3. The summed E-state index contributed by atoms with van der Waals surface area (Å²) in [6.45, 7) is 1.91. The van der Waals surface area contributed by atoms with E-state index in [4.69, 9.17) is 16.3 Å². The summed E-state index contributed by atoms with van der Waals surface area (Å²) in [6.07, 6.45) is 3.96. The molecule has 5 rings (SSSR count). The Kier molecular flexibility index (Phi) is 5.87. The molecule has 6 nitrogen and oxygen atoms in total. The number of fused-ring (bicyclic) bond motifs is 1. The monoisotopic (exact) mass is 466 g/mol. The third-order valence-electron chi connectivity index (χ3n) is 5.73. The fourth-order valence-electron chi connectivity index (χ4n) is 3.99. The van der Waals surface area contributed by atoms with Gasteiger partial charge in [-0.2, -0.15) is 0 Å². The second kappa shape index (κ2) is 8.94. The van der Waals surface area contributed by atoms with Crippen LogP contribution in [0.5, 0.6) is 5.75 Å². The lowest BCUT2D eigenvalue weighted by molar-refractivity contribution is 0.416. The number of benzene rings is 2. The largest absolute Gasteiger partial charge is 0.495 e. The zero-order valence-electron chi connectivity index (χ0n) is 17.6. The number of thiophene rings is 1. The van der Waals surface area contributed by atoms with Gasteiger partial charge in [0.2, 0.25) is 0 Å². The predicted molar refractivity (Wildman–Crippen MR) is 132 cm³/mol. The van der Waals surface area contributed by atoms with E-state index in [-0.39, 0.29) is 5.56 Å². The number of hydrogen-bond acceptors (Lipinski definition) is 6. The van der Waals surface area contributed by atoms with Gasteiger partial charge in [-0.25, -0.2) is 4.98 Å². The molecule has 8 heteroatoms. The molecule has 0 aliphatic carbocycles. The van der Waals surface area contributed by atoms with Crippen molar-refractivity contribution >= 4 is 38.8 Å². The summed E-state index contributed by atoms with van der Waals surface area (Å²) in [5.74, 6) is 0.695. The minimum absolute atomic E-state index is 0.0990. The highest BCUT2D eigenvalue weighted by molar-refractivity contribution is 7.22. The highest BCUT2D eigenvalue weighted by Crippen LogP contribution is 2.32. The van der Waals surface area contributed by atoms with Crippen LogP contribution in [-0.2, 0) is 0 Å². The number of methoxy groups -OCH3 is 1. The molecule has 4 aromatic rings. The first-order valence-corrected chi connectivity index (χ1v) is 11.7. The molecule has 0 saturated carbocycles. The fourth-order valence-corrected chi connectivity index (χ4v) is 5.16. The van der Waals surface area contributed by atoms with Crippen LogP contribution in [0.15, 0.2) is 59.7 Å². The Morgan fingerprint density at radius 1 is 1.25 bits per heavy atom. The number of nitrogens with zero attached hydrogens (tertiary/aromatic N) is 2. The molecule has 0 amide bonds. The molecule has 1 atom stereocenters. The number of nitrogens with one attached hydrogen (secondary N) is 2. The van der Waals surface area contributed by atoms with Gasteiger partial charge < -0.3 is 15.4 Å². The van der Waals surface area contributed by atoms with E-state index in [2.05, 4.69) is 15.6 Å². The lowest BCUT2D eigenvalue weighted by Gasteiger charge is -2.16. The summed E-state index contributed by atoms with van der Waals surface area (Å²) in [6, 6.07) is 15.7. The van der Waals surface area contributed by atoms with Crippen LogP contribution in [0, 0.1) is 0 Å². The molecule has 0 spiro atoms. The molecule has 1 saturated heterocycles. The molecular weight excluding hydrogens is 444 g/mol. The van der Waals surface area contributed by atoms with Gasteiger partial charge in [0.1, 0.15) is 16.8 Å². The van der Waals surface area contributed by atoms with Crippen molar-refractivity contribution in [2.45, 2.75) is 18.9 Å². The minimum atomic E-state index is -0.0990. The molecular formula is C24H23ClN4O2S. The normalized spacial score (nSPS) is 15.9. The first kappa shape index (κ1) is 21.0. The second-order valence-electron chi connectivity index (χ2n) is 7.81. The molecule has 32 heavy (non-hydrogen) atoms. The quantitative estimate of drug-likeness (QED) is 0.421. The van der Waals surface area contributed by atoms with Gasteiger partial charge in [0.25, 0.3) is 5.56 Å². The van der Waals surface area contributed by atoms with Crippen LogP contribution in [0.3, 0.4) is 0 Å². The first-order chi connectivity index (χ1) is 15.6. The molecule has 1 fully saturated rings. The van der Waals surface area contributed by atoms with E-state index >= 15 is 0 Å². The van der Waals surface area contributed by atoms with Gasteiger partial charge in [0.05, 0.1) is 24.0 Å². The predicted octanol–water partition coefficient (Wildman–Crippen LogP) is 4.94. The Bertz CT molecular complexity index is 1310. The van der Waals surface area contributed by atoms with Gasteiger partial charge >= 0.3 is 0 Å². The number of rotatable bonds is 6. The van der Waals surface area contributed by atoms with Crippen molar-refractivity contribution in [3.05, 3.63) is 70.2 Å². The van der Waals surface area contributed by atoms with Crippen LogP contribution in [0.1, 0.15) is 12.8 Å². The number of anilines is 1. The molecule has 2 aromatic heterocycles. The van der Waals surface area contributed by atoms with Gasteiger partial charge in [-0.3, -0.25) is 9.36 Å². The zero-order chi connectivity index (χ0) is 22.1. The van der Waals surface area contributed by atoms with Crippen molar-refractivity contribution in [2.75, 3.05) is 25.5 Å². The standard InChI is InChI=1S/C24H23ClN4O2S/c1-31-21-11-18(8-9-19(21)27-13-17-3-2-10-26-17)29-14-28-20-12-22(32-23(20)24(29)30)15-4-6-16(25)7-5-15/h4-9,11-12,14,17,26-27H,2-3,10,13H2,1H3. The number of halogens is 1. The summed E-state index contributed by atoms with van der Waals surface area (Å²) in [5, 5.41) is 7.62. The van der Waals surface area contributed by atoms with E-state index in [1.165, 1.54) is 24.2 Å². The van der Waals surface area contributed by atoms with Crippen molar-refractivity contribution in [3.63, 3.8) is 0 Å². The number of ether oxygens (including phenoxy) is 1. The molecule has 1 aliphatic rings. The lowest BCUT2D eigenvalue weighted by Crippen LogP contribution is -2.29. The molecule has 1 aliphatic heterocycles. The van der Waals surface area contributed by atoms with Crippen LogP contribution in [0.4, 0.5) is 5.69 Å². The highest BCUT2D eigenvalue weighted by atomic mass is 35.5. The average Bonchev–Trinajstić information content (AvgIpc) is 3.49. The molecule has 3 heterocycles. The Morgan fingerprint density at radius 2 is 2.09 bits per heavy atom. The van der Waals surface area contributed by atoms with E-state index in [0.29, 0.717) is 32.7 Å². The first-order valence-electron chi connectivity index (χ1n) is 10.5. The van der Waals surface area contributed by atoms with Gasteiger partial charge in [0, 0.05) is 28.6 Å².